The Balaban J connectivity index is 2.47. The molecule has 0 saturated heterocycles. The van der Waals surface area contributed by atoms with Crippen LogP contribution in [-0.4, -0.2) is 46.6 Å². The van der Waals surface area contributed by atoms with Crippen LogP contribution in [0, 0.1) is 0 Å². The van der Waals surface area contributed by atoms with Crippen molar-refractivity contribution in [3.63, 3.8) is 0 Å². The summed E-state index contributed by atoms with van der Waals surface area (Å²) in [5, 5.41) is 9.56. The minimum Gasteiger partial charge on any atom is -0.496 e. The number of rotatable bonds is 9. The van der Waals surface area contributed by atoms with Gasteiger partial charge in [-0.15, -0.1) is 0 Å². The molecule has 0 aliphatic carbocycles. The lowest BCUT2D eigenvalue weighted by molar-refractivity contribution is -0.134. The molecule has 28 heavy (non-hydrogen) atoms. The van der Waals surface area contributed by atoms with Crippen molar-refractivity contribution in [3.8, 4) is 34.5 Å². The minimum absolute atomic E-state index is 0.247. The zero-order valence-corrected chi connectivity index (χ0v) is 16.3. The minimum atomic E-state index is -1.25. The number of carboxylic acids is 1. The normalized spacial score (nSPS) is 10.8. The maximum atomic E-state index is 11.7. The summed E-state index contributed by atoms with van der Waals surface area (Å²) in [5.41, 5.74) is 0.488. The lowest BCUT2D eigenvalue weighted by Crippen LogP contribution is -2.08. The molecule has 0 radical (unpaired) electrons. The van der Waals surface area contributed by atoms with Crippen LogP contribution in [-0.2, 0) is 4.79 Å². The summed E-state index contributed by atoms with van der Waals surface area (Å²) >= 11 is 0. The largest absolute Gasteiger partial charge is 0.496 e. The summed E-state index contributed by atoms with van der Waals surface area (Å²) in [6.45, 7) is 0. The van der Waals surface area contributed by atoms with Crippen molar-refractivity contribution in [2.75, 3.05) is 35.5 Å². The van der Waals surface area contributed by atoms with Gasteiger partial charge in [-0.3, -0.25) is 0 Å². The molecule has 0 aliphatic heterocycles. The van der Waals surface area contributed by atoms with Crippen LogP contribution in [0.25, 0.3) is 6.08 Å². The number of carboxylic acid groups (broad SMARTS) is 1. The summed E-state index contributed by atoms with van der Waals surface area (Å²) in [7, 11) is 7.41. The van der Waals surface area contributed by atoms with E-state index in [1.807, 2.05) is 0 Å². The van der Waals surface area contributed by atoms with Crippen molar-refractivity contribution in [2.45, 2.75) is 0 Å². The Morgan fingerprint density at radius 2 is 1.25 bits per heavy atom. The fourth-order valence-corrected chi connectivity index (χ4v) is 2.44. The zero-order valence-electron chi connectivity index (χ0n) is 16.3. The molecule has 8 heteroatoms. The van der Waals surface area contributed by atoms with Gasteiger partial charge in [0.1, 0.15) is 17.2 Å². The molecule has 0 bridgehead atoms. The van der Waals surface area contributed by atoms with E-state index >= 15 is 0 Å². The van der Waals surface area contributed by atoms with E-state index in [2.05, 4.69) is 0 Å². The Morgan fingerprint density at radius 3 is 1.64 bits per heavy atom. The van der Waals surface area contributed by atoms with Crippen molar-refractivity contribution < 1.29 is 38.3 Å². The van der Waals surface area contributed by atoms with Crippen molar-refractivity contribution in [1.82, 2.24) is 0 Å². The first-order valence-corrected chi connectivity index (χ1v) is 8.11. The standard InChI is InChI=1S/C20H22O8/c1-23-13-9-14(24-2)11-15(10-13)28-18(20(21)22)8-12-6-16(25-3)19(27-5)17(7-12)26-4/h6-11H,1-5H3,(H,21,22). The number of hydrogen-bond donors (Lipinski definition) is 1. The van der Waals surface area contributed by atoms with Gasteiger partial charge in [-0.2, -0.15) is 0 Å². The number of hydrogen-bond acceptors (Lipinski definition) is 7. The van der Waals surface area contributed by atoms with Crippen LogP contribution in [0.3, 0.4) is 0 Å². The maximum absolute atomic E-state index is 11.7. The smallest absolute Gasteiger partial charge is 0.371 e. The van der Waals surface area contributed by atoms with Gasteiger partial charge in [0.05, 0.1) is 35.5 Å². The summed E-state index contributed by atoms with van der Waals surface area (Å²) in [4.78, 5) is 11.7. The summed E-state index contributed by atoms with van der Waals surface area (Å²) in [6.07, 6.45) is 1.35. The number of carbonyl (C=O) groups is 1. The summed E-state index contributed by atoms with van der Waals surface area (Å²) in [6, 6.07) is 7.97. The summed E-state index contributed by atoms with van der Waals surface area (Å²) in [5.74, 6) is 0.787. The zero-order chi connectivity index (χ0) is 20.7. The molecule has 0 amide bonds. The van der Waals surface area contributed by atoms with Crippen molar-refractivity contribution in [3.05, 3.63) is 41.7 Å². The van der Waals surface area contributed by atoms with E-state index in [0.717, 1.165) is 0 Å². The predicted molar refractivity (Wildman–Crippen MR) is 102 cm³/mol. The first kappa shape index (κ1) is 20.8. The fraction of sp³-hybridized carbons (Fsp3) is 0.250. The van der Waals surface area contributed by atoms with Crippen LogP contribution in [0.1, 0.15) is 5.56 Å². The highest BCUT2D eigenvalue weighted by Crippen LogP contribution is 2.39. The van der Waals surface area contributed by atoms with Crippen LogP contribution >= 0.6 is 0 Å². The van der Waals surface area contributed by atoms with Gasteiger partial charge in [-0.1, -0.05) is 0 Å². The van der Waals surface area contributed by atoms with Gasteiger partial charge in [0, 0.05) is 18.2 Å². The van der Waals surface area contributed by atoms with E-state index in [1.54, 1.807) is 30.3 Å². The average Bonchev–Trinajstić information content (AvgIpc) is 2.71. The van der Waals surface area contributed by atoms with E-state index in [-0.39, 0.29) is 11.5 Å². The Hall–Kier alpha value is -3.55. The number of aliphatic carboxylic acids is 1. The Morgan fingerprint density at radius 1 is 0.750 bits per heavy atom. The molecule has 1 N–H and O–H groups in total. The third-order valence-electron chi connectivity index (χ3n) is 3.75. The molecule has 2 aromatic rings. The highest BCUT2D eigenvalue weighted by Gasteiger charge is 2.16. The molecule has 2 rings (SSSR count). The molecule has 150 valence electrons. The SMILES string of the molecule is COc1cc(OC)cc(OC(=Cc2cc(OC)c(OC)c(OC)c2)C(=O)O)c1. The quantitative estimate of drug-likeness (QED) is 0.515. The van der Waals surface area contributed by atoms with E-state index in [9.17, 15) is 9.90 Å². The van der Waals surface area contributed by atoms with Crippen LogP contribution in [0.5, 0.6) is 34.5 Å². The molecule has 0 atom stereocenters. The molecule has 0 heterocycles. The maximum Gasteiger partial charge on any atom is 0.371 e. The van der Waals surface area contributed by atoms with Gasteiger partial charge in [-0.05, 0) is 23.8 Å². The molecule has 2 aromatic carbocycles. The van der Waals surface area contributed by atoms with Gasteiger partial charge < -0.3 is 33.5 Å². The van der Waals surface area contributed by atoms with E-state index in [1.165, 1.54) is 41.6 Å². The van der Waals surface area contributed by atoms with E-state index in [0.29, 0.717) is 34.3 Å². The average molecular weight is 390 g/mol. The molecular weight excluding hydrogens is 368 g/mol. The lowest BCUT2D eigenvalue weighted by Gasteiger charge is -2.14. The third kappa shape index (κ3) is 4.79. The van der Waals surface area contributed by atoms with Crippen LogP contribution in [0.2, 0.25) is 0 Å². The Bertz CT molecular complexity index is 825. The summed E-state index contributed by atoms with van der Waals surface area (Å²) < 4.78 is 31.7. The molecule has 0 spiro atoms. The van der Waals surface area contributed by atoms with Crippen LogP contribution < -0.4 is 28.4 Å². The Labute approximate surface area is 162 Å². The second-order valence-electron chi connectivity index (χ2n) is 5.42. The van der Waals surface area contributed by atoms with Crippen LogP contribution in [0.15, 0.2) is 36.1 Å². The lowest BCUT2D eigenvalue weighted by atomic mass is 10.1. The monoisotopic (exact) mass is 390 g/mol. The number of ether oxygens (including phenoxy) is 6. The fourth-order valence-electron chi connectivity index (χ4n) is 2.44. The van der Waals surface area contributed by atoms with E-state index < -0.39 is 5.97 Å². The molecule has 0 saturated carbocycles. The van der Waals surface area contributed by atoms with Gasteiger partial charge in [-0.25, -0.2) is 4.79 Å². The van der Waals surface area contributed by atoms with Crippen molar-refractivity contribution >= 4 is 12.0 Å². The van der Waals surface area contributed by atoms with Gasteiger partial charge in [0.2, 0.25) is 11.5 Å². The van der Waals surface area contributed by atoms with Gasteiger partial charge in [0.25, 0.3) is 0 Å². The van der Waals surface area contributed by atoms with Gasteiger partial charge in [0.15, 0.2) is 11.5 Å². The molecule has 0 unspecified atom stereocenters. The van der Waals surface area contributed by atoms with Gasteiger partial charge >= 0.3 is 5.97 Å². The first-order valence-electron chi connectivity index (χ1n) is 8.11. The molecule has 0 aliphatic rings. The topological polar surface area (TPSA) is 92.7 Å². The molecule has 0 aromatic heterocycles. The Kier molecular flexibility index (Phi) is 6.97. The highest BCUT2D eigenvalue weighted by atomic mass is 16.5. The highest BCUT2D eigenvalue weighted by molar-refractivity contribution is 5.90. The molecule has 8 nitrogen and oxygen atoms in total. The first-order chi connectivity index (χ1) is 13.4. The second kappa shape index (κ2) is 9.40. The molecule has 0 fully saturated rings. The second-order valence-corrected chi connectivity index (χ2v) is 5.42. The predicted octanol–water partition coefficient (Wildman–Crippen LogP) is 3.23. The van der Waals surface area contributed by atoms with Crippen molar-refractivity contribution in [1.29, 1.82) is 0 Å². The number of methoxy groups -OCH3 is 5. The van der Waals surface area contributed by atoms with Crippen molar-refractivity contribution in [2.24, 2.45) is 0 Å². The van der Waals surface area contributed by atoms with E-state index in [4.69, 9.17) is 28.4 Å². The molecular formula is C20H22O8. The third-order valence-corrected chi connectivity index (χ3v) is 3.75. The number of benzene rings is 2. The van der Waals surface area contributed by atoms with Crippen LogP contribution in [0.4, 0.5) is 0 Å².